The molecule has 0 bridgehead atoms. The second-order valence-corrected chi connectivity index (χ2v) is 12.3. The van der Waals surface area contributed by atoms with E-state index in [1.807, 2.05) is 36.4 Å². The molecule has 4 rings (SSSR count). The summed E-state index contributed by atoms with van der Waals surface area (Å²) < 4.78 is 1.06. The number of carbonyl (C=O) groups excluding carboxylic acids is 3. The summed E-state index contributed by atoms with van der Waals surface area (Å²) in [6, 6.07) is 14.9. The molecule has 0 aliphatic carbocycles. The summed E-state index contributed by atoms with van der Waals surface area (Å²) in [5, 5.41) is 9.63. The molecular formula is C32H41N5O3S. The van der Waals surface area contributed by atoms with Crippen LogP contribution in [-0.2, 0) is 27.2 Å². The smallest absolute Gasteiger partial charge is 0.247 e. The van der Waals surface area contributed by atoms with Gasteiger partial charge in [-0.05, 0) is 61.5 Å². The number of thiazole rings is 1. The zero-order chi connectivity index (χ0) is 29.4. The number of likely N-dealkylation sites (tertiary alicyclic amines) is 1. The highest BCUT2D eigenvalue weighted by Crippen LogP contribution is 2.27. The third-order valence-corrected chi connectivity index (χ3v) is 8.35. The van der Waals surface area contributed by atoms with E-state index in [0.717, 1.165) is 46.7 Å². The van der Waals surface area contributed by atoms with Crippen LogP contribution in [-0.4, -0.2) is 65.9 Å². The van der Waals surface area contributed by atoms with Crippen molar-refractivity contribution in [1.82, 2.24) is 25.8 Å². The molecule has 0 saturated carbocycles. The first-order valence-corrected chi connectivity index (χ1v) is 15.2. The summed E-state index contributed by atoms with van der Waals surface area (Å²) in [7, 11) is 0. The molecule has 2 atom stereocenters. The van der Waals surface area contributed by atoms with Gasteiger partial charge in [-0.15, -0.1) is 11.3 Å². The summed E-state index contributed by atoms with van der Waals surface area (Å²) in [6.45, 7) is 12.4. The molecule has 1 saturated heterocycles. The van der Waals surface area contributed by atoms with Crippen LogP contribution in [0.4, 0.5) is 0 Å². The molecule has 218 valence electrons. The van der Waals surface area contributed by atoms with Crippen LogP contribution in [0.5, 0.6) is 0 Å². The number of hydrogen-bond donors (Lipinski definition) is 3. The first kappa shape index (κ1) is 30.4. The van der Waals surface area contributed by atoms with Gasteiger partial charge in [0.1, 0.15) is 6.04 Å². The monoisotopic (exact) mass is 575 g/mol. The number of nitrogens with one attached hydrogen (secondary N) is 3. The minimum Gasteiger partial charge on any atom is -0.350 e. The molecule has 1 aromatic heterocycles. The van der Waals surface area contributed by atoms with Crippen LogP contribution in [0.1, 0.15) is 55.7 Å². The zero-order valence-corrected chi connectivity index (χ0v) is 25.1. The number of fused-ring (bicyclic) bond motifs is 1. The molecule has 0 radical (unpaired) electrons. The lowest BCUT2D eigenvalue weighted by atomic mass is 10.0. The average Bonchev–Trinajstić information content (AvgIpc) is 3.60. The Kier molecular flexibility index (Phi) is 10.7. The molecule has 3 N–H and O–H groups in total. The topological polar surface area (TPSA) is 103 Å². The van der Waals surface area contributed by atoms with Crippen molar-refractivity contribution < 1.29 is 14.4 Å². The number of rotatable bonds is 13. The lowest BCUT2D eigenvalue weighted by molar-refractivity contribution is -0.128. The van der Waals surface area contributed by atoms with Gasteiger partial charge in [0.25, 0.3) is 0 Å². The van der Waals surface area contributed by atoms with E-state index in [9.17, 15) is 14.4 Å². The van der Waals surface area contributed by atoms with Crippen LogP contribution in [0.2, 0.25) is 0 Å². The number of amides is 3. The summed E-state index contributed by atoms with van der Waals surface area (Å²) in [5.74, 6) is -0.409. The fourth-order valence-electron chi connectivity index (χ4n) is 5.06. The Morgan fingerprint density at radius 2 is 1.76 bits per heavy atom. The van der Waals surface area contributed by atoms with Crippen LogP contribution < -0.4 is 16.0 Å². The quantitative estimate of drug-likeness (QED) is 0.268. The van der Waals surface area contributed by atoms with E-state index in [0.29, 0.717) is 24.5 Å². The third kappa shape index (κ3) is 8.96. The molecule has 1 unspecified atom stereocenters. The minimum atomic E-state index is -0.795. The molecular weight excluding hydrogens is 534 g/mol. The van der Waals surface area contributed by atoms with E-state index in [1.54, 1.807) is 11.3 Å². The van der Waals surface area contributed by atoms with Gasteiger partial charge in [-0.1, -0.05) is 56.8 Å². The molecule has 41 heavy (non-hydrogen) atoms. The van der Waals surface area contributed by atoms with E-state index >= 15 is 0 Å². The number of benzene rings is 2. The first-order valence-electron chi connectivity index (χ1n) is 14.4. The van der Waals surface area contributed by atoms with E-state index < -0.39 is 6.04 Å². The lowest BCUT2D eigenvalue weighted by Gasteiger charge is -2.24. The second-order valence-electron chi connectivity index (χ2n) is 11.1. The van der Waals surface area contributed by atoms with Crippen molar-refractivity contribution in [3.63, 3.8) is 0 Å². The predicted octanol–water partition coefficient (Wildman–Crippen LogP) is 3.96. The Labute approximate surface area is 246 Å². The van der Waals surface area contributed by atoms with Crippen molar-refractivity contribution >= 4 is 39.3 Å². The van der Waals surface area contributed by atoms with E-state index in [-0.39, 0.29) is 36.7 Å². The zero-order valence-electron chi connectivity index (χ0n) is 24.2. The first-order chi connectivity index (χ1) is 19.7. The standard InChI is InChI=1S/C32H41N5O3S/c1-21(2)25-12-13-27-29(17-25)41-30(36-27)18-28(34-23(4)38)32(40)35-26(16-24-10-6-5-7-11-24)19-33-31(39)22(3)20-37-14-8-9-15-37/h5-7,10-13,17,21,26,28H,3,8-9,14-16,18-20H2,1-2,4H3,(H,33,39)(H,34,38)(H,35,40)/t26?,28-/m0/s1. The number of aromatic nitrogens is 1. The van der Waals surface area contributed by atoms with Crippen molar-refractivity contribution in [3.8, 4) is 0 Å². The highest BCUT2D eigenvalue weighted by molar-refractivity contribution is 7.18. The van der Waals surface area contributed by atoms with E-state index in [2.05, 4.69) is 53.4 Å². The minimum absolute atomic E-state index is 0.210. The second kappa shape index (κ2) is 14.4. The highest BCUT2D eigenvalue weighted by atomic mass is 32.1. The lowest BCUT2D eigenvalue weighted by Crippen LogP contribution is -2.53. The van der Waals surface area contributed by atoms with Gasteiger partial charge < -0.3 is 16.0 Å². The molecule has 2 heterocycles. The van der Waals surface area contributed by atoms with Crippen molar-refractivity contribution in [2.24, 2.45) is 0 Å². The third-order valence-electron chi connectivity index (χ3n) is 7.31. The normalized spacial score (nSPS) is 15.0. The van der Waals surface area contributed by atoms with Crippen LogP contribution in [0.3, 0.4) is 0 Å². The van der Waals surface area contributed by atoms with Crippen LogP contribution >= 0.6 is 11.3 Å². The van der Waals surface area contributed by atoms with Gasteiger partial charge in [0.15, 0.2) is 0 Å². The van der Waals surface area contributed by atoms with Crippen molar-refractivity contribution in [1.29, 1.82) is 0 Å². The number of carbonyl (C=O) groups is 3. The molecule has 2 aromatic carbocycles. The van der Waals surface area contributed by atoms with Crippen LogP contribution in [0, 0.1) is 0 Å². The van der Waals surface area contributed by atoms with Crippen LogP contribution in [0.25, 0.3) is 10.2 Å². The van der Waals surface area contributed by atoms with Gasteiger partial charge in [-0.25, -0.2) is 4.98 Å². The van der Waals surface area contributed by atoms with Gasteiger partial charge in [0, 0.05) is 32.0 Å². The predicted molar refractivity (Wildman–Crippen MR) is 165 cm³/mol. The van der Waals surface area contributed by atoms with Gasteiger partial charge in [-0.2, -0.15) is 0 Å². The van der Waals surface area contributed by atoms with Gasteiger partial charge in [0.2, 0.25) is 17.7 Å². The Morgan fingerprint density at radius 3 is 2.44 bits per heavy atom. The maximum atomic E-state index is 13.6. The van der Waals surface area contributed by atoms with E-state index in [4.69, 9.17) is 4.98 Å². The SMILES string of the molecule is C=C(CN1CCCC1)C(=O)NCC(Cc1ccccc1)NC(=O)[C@H](Cc1nc2ccc(C(C)C)cc2s1)NC(C)=O. The molecule has 1 fully saturated rings. The van der Waals surface area contributed by atoms with Gasteiger partial charge in [0.05, 0.1) is 21.3 Å². The Hall–Kier alpha value is -3.56. The molecule has 3 amide bonds. The Balaban J connectivity index is 1.45. The van der Waals surface area contributed by atoms with Gasteiger partial charge >= 0.3 is 0 Å². The fraction of sp³-hybridized carbons (Fsp3) is 0.438. The maximum absolute atomic E-state index is 13.6. The summed E-state index contributed by atoms with van der Waals surface area (Å²) >= 11 is 1.54. The molecule has 8 nitrogen and oxygen atoms in total. The summed E-state index contributed by atoms with van der Waals surface area (Å²) in [4.78, 5) is 45.4. The molecule has 0 spiro atoms. The molecule has 9 heteroatoms. The van der Waals surface area contributed by atoms with Crippen molar-refractivity contribution in [2.75, 3.05) is 26.2 Å². The van der Waals surface area contributed by atoms with E-state index in [1.165, 1.54) is 12.5 Å². The average molecular weight is 576 g/mol. The molecule has 1 aliphatic heterocycles. The Bertz CT molecular complexity index is 1360. The van der Waals surface area contributed by atoms with Crippen molar-refractivity contribution in [3.05, 3.63) is 76.8 Å². The van der Waals surface area contributed by atoms with Gasteiger partial charge in [-0.3, -0.25) is 19.3 Å². The highest BCUT2D eigenvalue weighted by Gasteiger charge is 2.25. The fourth-order valence-corrected chi connectivity index (χ4v) is 6.12. The number of nitrogens with zero attached hydrogens (tertiary/aromatic N) is 2. The molecule has 3 aromatic rings. The summed E-state index contributed by atoms with van der Waals surface area (Å²) in [6.07, 6.45) is 3.09. The largest absolute Gasteiger partial charge is 0.350 e. The maximum Gasteiger partial charge on any atom is 0.247 e. The Morgan fingerprint density at radius 1 is 1.02 bits per heavy atom. The summed E-state index contributed by atoms with van der Waals surface area (Å²) in [5.41, 5.74) is 3.67. The molecule has 1 aliphatic rings. The van der Waals surface area contributed by atoms with Crippen LogP contribution in [0.15, 0.2) is 60.7 Å². The number of hydrogen-bond acceptors (Lipinski definition) is 6. The van der Waals surface area contributed by atoms with Crippen molar-refractivity contribution in [2.45, 2.75) is 64.5 Å².